The number of rotatable bonds is 6. The summed E-state index contributed by atoms with van der Waals surface area (Å²) in [6.07, 6.45) is -2.73. The SMILES string of the molecule is Fc1cccnc1OCCC1CCOC12CCN(Cc1nccs1)CC2.O=C(O)C(F)(F)F.O=C(O)C(F)(F)F. The van der Waals surface area contributed by atoms with Gasteiger partial charge >= 0.3 is 24.3 Å². The smallest absolute Gasteiger partial charge is 0.476 e. The maximum Gasteiger partial charge on any atom is 0.490 e. The summed E-state index contributed by atoms with van der Waals surface area (Å²) in [4.78, 5) is 28.6. The monoisotopic (exact) mass is 605 g/mol. The normalized spacial score (nSPS) is 18.7. The number of halogens is 7. The Labute approximate surface area is 227 Å². The van der Waals surface area contributed by atoms with Crippen molar-refractivity contribution in [2.45, 2.75) is 50.2 Å². The van der Waals surface area contributed by atoms with Crippen molar-refractivity contribution in [3.05, 3.63) is 40.7 Å². The molecule has 2 saturated heterocycles. The van der Waals surface area contributed by atoms with Crippen LogP contribution in [0, 0.1) is 11.7 Å². The molecule has 0 bridgehead atoms. The van der Waals surface area contributed by atoms with Gasteiger partial charge in [-0.3, -0.25) is 4.90 Å². The molecule has 17 heteroatoms. The predicted octanol–water partition coefficient (Wildman–Crippen LogP) is 4.78. The predicted molar refractivity (Wildman–Crippen MR) is 125 cm³/mol. The highest BCUT2D eigenvalue weighted by Gasteiger charge is 2.46. The zero-order valence-corrected chi connectivity index (χ0v) is 21.6. The molecular formula is C23H26F7N3O6S. The zero-order valence-electron chi connectivity index (χ0n) is 20.8. The van der Waals surface area contributed by atoms with Gasteiger partial charge in [0.05, 0.1) is 18.8 Å². The molecule has 2 fully saturated rings. The molecule has 4 heterocycles. The molecule has 224 valence electrons. The number of ether oxygens (including phenoxy) is 2. The maximum absolute atomic E-state index is 13.6. The topological polar surface area (TPSA) is 122 Å². The van der Waals surface area contributed by atoms with E-state index in [0.29, 0.717) is 12.5 Å². The number of carbonyl (C=O) groups is 2. The third-order valence-corrected chi connectivity index (χ3v) is 6.82. The van der Waals surface area contributed by atoms with E-state index in [1.54, 1.807) is 23.6 Å². The fourth-order valence-corrected chi connectivity index (χ4v) is 4.79. The Kier molecular flexibility index (Phi) is 12.1. The molecule has 4 rings (SSSR count). The van der Waals surface area contributed by atoms with Crippen molar-refractivity contribution in [2.24, 2.45) is 5.92 Å². The Morgan fingerprint density at radius 1 is 1.07 bits per heavy atom. The third kappa shape index (κ3) is 10.5. The number of aliphatic carboxylic acids is 2. The highest BCUT2D eigenvalue weighted by Crippen LogP contribution is 2.42. The van der Waals surface area contributed by atoms with E-state index in [9.17, 15) is 30.7 Å². The number of hydrogen-bond donors (Lipinski definition) is 2. The van der Waals surface area contributed by atoms with Crippen LogP contribution in [0.1, 0.15) is 30.7 Å². The number of likely N-dealkylation sites (tertiary alicyclic amines) is 1. The molecule has 2 N–H and O–H groups in total. The van der Waals surface area contributed by atoms with E-state index in [-0.39, 0.29) is 11.5 Å². The Morgan fingerprint density at radius 2 is 1.68 bits per heavy atom. The Morgan fingerprint density at radius 3 is 2.17 bits per heavy atom. The van der Waals surface area contributed by atoms with Gasteiger partial charge < -0.3 is 19.7 Å². The van der Waals surface area contributed by atoms with E-state index >= 15 is 0 Å². The minimum absolute atomic E-state index is 0.0363. The summed E-state index contributed by atoms with van der Waals surface area (Å²) in [7, 11) is 0. The molecule has 0 amide bonds. The molecule has 1 atom stereocenters. The molecule has 0 aliphatic carbocycles. The molecule has 0 aromatic carbocycles. The quantitative estimate of drug-likeness (QED) is 0.448. The lowest BCUT2D eigenvalue weighted by Gasteiger charge is -2.42. The molecule has 2 aromatic rings. The number of carboxylic acids is 2. The lowest BCUT2D eigenvalue weighted by molar-refractivity contribution is -0.193. The lowest BCUT2D eigenvalue weighted by atomic mass is 9.78. The van der Waals surface area contributed by atoms with Gasteiger partial charge in [-0.05, 0) is 43.7 Å². The number of hydrogen-bond acceptors (Lipinski definition) is 8. The Bertz CT molecular complexity index is 1050. The van der Waals surface area contributed by atoms with Crippen LogP contribution in [0.5, 0.6) is 5.88 Å². The molecule has 2 aromatic heterocycles. The van der Waals surface area contributed by atoms with Crippen molar-refractivity contribution < 1.29 is 60.0 Å². The van der Waals surface area contributed by atoms with Crippen LogP contribution in [0.2, 0.25) is 0 Å². The molecule has 0 saturated carbocycles. The first-order valence-corrected chi connectivity index (χ1v) is 12.6. The number of alkyl halides is 6. The fourth-order valence-electron chi connectivity index (χ4n) is 4.13. The lowest BCUT2D eigenvalue weighted by Crippen LogP contribution is -2.47. The second-order valence-electron chi connectivity index (χ2n) is 8.63. The summed E-state index contributed by atoms with van der Waals surface area (Å²) in [5.74, 6) is -5.35. The Hall–Kier alpha value is -3.05. The van der Waals surface area contributed by atoms with Crippen molar-refractivity contribution in [3.8, 4) is 5.88 Å². The molecule has 2 aliphatic rings. The molecule has 0 radical (unpaired) electrons. The van der Waals surface area contributed by atoms with Crippen LogP contribution in [0.4, 0.5) is 30.7 Å². The van der Waals surface area contributed by atoms with Crippen LogP contribution in [0.3, 0.4) is 0 Å². The van der Waals surface area contributed by atoms with Crippen molar-refractivity contribution >= 4 is 23.3 Å². The first-order chi connectivity index (χ1) is 18.6. The number of carboxylic acid groups (broad SMARTS) is 2. The minimum Gasteiger partial charge on any atom is -0.476 e. The van der Waals surface area contributed by atoms with E-state index < -0.39 is 30.1 Å². The summed E-state index contributed by atoms with van der Waals surface area (Å²) in [6.45, 7) is 4.29. The Balaban J connectivity index is 0.000000333. The number of pyridine rings is 1. The first kappa shape index (κ1) is 33.2. The fraction of sp³-hybridized carbons (Fsp3) is 0.565. The molecule has 1 unspecified atom stereocenters. The number of nitrogens with zero attached hydrogens (tertiary/aromatic N) is 3. The third-order valence-electron chi connectivity index (χ3n) is 6.06. The highest BCUT2D eigenvalue weighted by molar-refractivity contribution is 7.09. The summed E-state index contributed by atoms with van der Waals surface area (Å²) in [5, 5.41) is 17.5. The van der Waals surface area contributed by atoms with Crippen molar-refractivity contribution in [1.82, 2.24) is 14.9 Å². The average molecular weight is 606 g/mol. The molecule has 2 aliphatic heterocycles. The number of piperidine rings is 1. The van der Waals surface area contributed by atoms with Crippen LogP contribution in [0.15, 0.2) is 29.9 Å². The van der Waals surface area contributed by atoms with Crippen LogP contribution in [-0.4, -0.2) is 81.3 Å². The van der Waals surface area contributed by atoms with Gasteiger partial charge in [-0.1, -0.05) is 0 Å². The second-order valence-corrected chi connectivity index (χ2v) is 9.61. The second kappa shape index (κ2) is 14.5. The van der Waals surface area contributed by atoms with Crippen LogP contribution < -0.4 is 4.74 Å². The molecule has 1 spiro atoms. The summed E-state index contributed by atoms with van der Waals surface area (Å²) in [5.41, 5.74) is -0.0363. The highest BCUT2D eigenvalue weighted by atomic mass is 32.1. The van der Waals surface area contributed by atoms with Gasteiger partial charge in [0, 0.05) is 37.5 Å². The average Bonchev–Trinajstić information content (AvgIpc) is 3.52. The summed E-state index contributed by atoms with van der Waals surface area (Å²) in [6, 6.07) is 2.95. The molecular weight excluding hydrogens is 579 g/mol. The van der Waals surface area contributed by atoms with Crippen molar-refractivity contribution in [1.29, 1.82) is 0 Å². The van der Waals surface area contributed by atoms with Gasteiger partial charge in [0.2, 0.25) is 5.88 Å². The molecule has 9 nitrogen and oxygen atoms in total. The van der Waals surface area contributed by atoms with E-state index in [1.165, 1.54) is 11.1 Å². The van der Waals surface area contributed by atoms with Crippen molar-refractivity contribution in [3.63, 3.8) is 0 Å². The van der Waals surface area contributed by atoms with Crippen molar-refractivity contribution in [2.75, 3.05) is 26.3 Å². The van der Waals surface area contributed by atoms with E-state index in [0.717, 1.165) is 51.9 Å². The summed E-state index contributed by atoms with van der Waals surface area (Å²) < 4.78 is 88.9. The first-order valence-electron chi connectivity index (χ1n) is 11.7. The van der Waals surface area contributed by atoms with Crippen LogP contribution in [-0.2, 0) is 20.9 Å². The number of thiazole rings is 1. The zero-order chi connectivity index (χ0) is 30.0. The van der Waals surface area contributed by atoms with E-state index in [1.807, 2.05) is 11.6 Å². The van der Waals surface area contributed by atoms with E-state index in [4.69, 9.17) is 29.3 Å². The van der Waals surface area contributed by atoms with Crippen LogP contribution in [0.25, 0.3) is 0 Å². The van der Waals surface area contributed by atoms with Gasteiger partial charge in [0.1, 0.15) is 5.01 Å². The van der Waals surface area contributed by atoms with Gasteiger partial charge in [-0.25, -0.2) is 23.9 Å². The maximum atomic E-state index is 13.6. The minimum atomic E-state index is -5.08. The van der Waals surface area contributed by atoms with Crippen LogP contribution >= 0.6 is 11.3 Å². The van der Waals surface area contributed by atoms with E-state index in [2.05, 4.69) is 14.9 Å². The summed E-state index contributed by atoms with van der Waals surface area (Å²) >= 11 is 1.71. The standard InChI is InChI=1S/C19H24FN3O2S.2C2HF3O2/c20-16-2-1-7-22-18(16)24-11-3-15-4-12-25-19(15)5-9-23(10-6-19)14-17-21-8-13-26-17;2*3-2(4,5)1(6)7/h1-2,7-8,13,15H,3-6,9-12,14H2;2*(H,6,7). The molecule has 40 heavy (non-hydrogen) atoms. The van der Waals surface area contributed by atoms with Gasteiger partial charge in [-0.2, -0.15) is 26.3 Å². The number of aromatic nitrogens is 2. The largest absolute Gasteiger partial charge is 0.490 e. The van der Waals surface area contributed by atoms with Gasteiger partial charge in [-0.15, -0.1) is 11.3 Å². The van der Waals surface area contributed by atoms with Gasteiger partial charge in [0.15, 0.2) is 5.82 Å². The van der Waals surface area contributed by atoms with Gasteiger partial charge in [0.25, 0.3) is 0 Å².